The Kier molecular flexibility index (Phi) is 6.97. The van der Waals surface area contributed by atoms with Crippen LogP contribution in [0.4, 0.5) is 0 Å². The van der Waals surface area contributed by atoms with Crippen LogP contribution in [-0.2, 0) is 17.9 Å². The SMILES string of the molecule is N#C/C(=C\c1ccccc1OCc1ccccc1C#N)C(=O)NCc1ccccc1. The lowest BCUT2D eigenvalue weighted by Crippen LogP contribution is -2.23. The van der Waals surface area contributed by atoms with Crippen LogP contribution in [0.2, 0.25) is 0 Å². The molecule has 3 rings (SSSR count). The van der Waals surface area contributed by atoms with Gasteiger partial charge in [0.2, 0.25) is 0 Å². The monoisotopic (exact) mass is 393 g/mol. The van der Waals surface area contributed by atoms with Crippen molar-refractivity contribution in [3.05, 3.63) is 107 Å². The second-order valence-electron chi connectivity index (χ2n) is 6.43. The number of amides is 1. The number of carbonyl (C=O) groups is 1. The molecule has 0 atom stereocenters. The molecule has 146 valence electrons. The van der Waals surface area contributed by atoms with E-state index in [4.69, 9.17) is 4.74 Å². The number of nitrogens with zero attached hydrogens (tertiary/aromatic N) is 2. The second-order valence-corrected chi connectivity index (χ2v) is 6.43. The van der Waals surface area contributed by atoms with Gasteiger partial charge < -0.3 is 10.1 Å². The molecule has 0 radical (unpaired) electrons. The molecule has 3 aromatic carbocycles. The predicted octanol–water partition coefficient (Wildman–Crippen LogP) is 4.36. The Morgan fingerprint density at radius 3 is 2.40 bits per heavy atom. The zero-order valence-electron chi connectivity index (χ0n) is 16.2. The van der Waals surface area contributed by atoms with Crippen molar-refractivity contribution in [2.24, 2.45) is 0 Å². The molecule has 0 saturated carbocycles. The zero-order valence-corrected chi connectivity index (χ0v) is 16.2. The minimum absolute atomic E-state index is 0.0144. The number of benzene rings is 3. The fourth-order valence-corrected chi connectivity index (χ4v) is 2.82. The highest BCUT2D eigenvalue weighted by molar-refractivity contribution is 6.01. The third kappa shape index (κ3) is 5.34. The standard InChI is InChI=1S/C25H19N3O2/c26-15-21-11-4-5-12-22(21)18-30-24-13-7-6-10-20(24)14-23(16-27)25(29)28-17-19-8-2-1-3-9-19/h1-14H,17-18H2,(H,28,29)/b23-14+. The first-order valence-corrected chi connectivity index (χ1v) is 9.35. The molecular formula is C25H19N3O2. The summed E-state index contributed by atoms with van der Waals surface area (Å²) < 4.78 is 5.88. The summed E-state index contributed by atoms with van der Waals surface area (Å²) >= 11 is 0. The molecule has 0 heterocycles. The van der Waals surface area contributed by atoms with Crippen LogP contribution in [-0.4, -0.2) is 5.91 Å². The summed E-state index contributed by atoms with van der Waals surface area (Å²) in [6.45, 7) is 0.540. The van der Waals surface area contributed by atoms with Crippen molar-refractivity contribution in [1.29, 1.82) is 10.5 Å². The summed E-state index contributed by atoms with van der Waals surface area (Å²) in [4.78, 5) is 12.4. The number of hydrogen-bond donors (Lipinski definition) is 1. The lowest BCUT2D eigenvalue weighted by Gasteiger charge is -2.11. The van der Waals surface area contributed by atoms with Gasteiger partial charge in [-0.2, -0.15) is 10.5 Å². The molecule has 5 heteroatoms. The van der Waals surface area contributed by atoms with Gasteiger partial charge in [0.05, 0.1) is 11.6 Å². The van der Waals surface area contributed by atoms with Crippen molar-refractivity contribution in [2.75, 3.05) is 0 Å². The van der Waals surface area contributed by atoms with Gasteiger partial charge >= 0.3 is 0 Å². The fourth-order valence-electron chi connectivity index (χ4n) is 2.82. The zero-order chi connectivity index (χ0) is 21.2. The van der Waals surface area contributed by atoms with E-state index in [1.54, 1.807) is 30.3 Å². The van der Waals surface area contributed by atoms with Gasteiger partial charge in [-0.25, -0.2) is 0 Å². The van der Waals surface area contributed by atoms with Crippen LogP contribution in [0.25, 0.3) is 6.08 Å². The normalized spacial score (nSPS) is 10.5. The van der Waals surface area contributed by atoms with E-state index in [0.717, 1.165) is 11.1 Å². The van der Waals surface area contributed by atoms with E-state index >= 15 is 0 Å². The molecule has 5 nitrogen and oxygen atoms in total. The van der Waals surface area contributed by atoms with E-state index < -0.39 is 5.91 Å². The quantitative estimate of drug-likeness (QED) is 0.477. The molecule has 0 aromatic heterocycles. The third-order valence-electron chi connectivity index (χ3n) is 4.40. The number of ether oxygens (including phenoxy) is 1. The Labute approximate surface area is 175 Å². The topological polar surface area (TPSA) is 85.9 Å². The first-order chi connectivity index (χ1) is 14.7. The fraction of sp³-hybridized carbons (Fsp3) is 0.0800. The van der Waals surface area contributed by atoms with Gasteiger partial charge in [-0.15, -0.1) is 0 Å². The molecule has 0 bridgehead atoms. The van der Waals surface area contributed by atoms with Gasteiger partial charge in [0.15, 0.2) is 0 Å². The second kappa shape index (κ2) is 10.3. The molecule has 0 spiro atoms. The summed E-state index contributed by atoms with van der Waals surface area (Å²) in [6, 6.07) is 27.9. The maximum Gasteiger partial charge on any atom is 0.262 e. The highest BCUT2D eigenvalue weighted by Crippen LogP contribution is 2.23. The van der Waals surface area contributed by atoms with Crippen molar-refractivity contribution < 1.29 is 9.53 Å². The Morgan fingerprint density at radius 1 is 0.933 bits per heavy atom. The van der Waals surface area contributed by atoms with Crippen LogP contribution >= 0.6 is 0 Å². The van der Waals surface area contributed by atoms with E-state index in [2.05, 4.69) is 11.4 Å². The third-order valence-corrected chi connectivity index (χ3v) is 4.40. The molecule has 0 fully saturated rings. The van der Waals surface area contributed by atoms with Gasteiger partial charge in [-0.05, 0) is 23.8 Å². The van der Waals surface area contributed by atoms with E-state index in [1.165, 1.54) is 6.08 Å². The molecule has 0 unspecified atom stereocenters. The average molecular weight is 393 g/mol. The van der Waals surface area contributed by atoms with Gasteiger partial charge in [0.25, 0.3) is 5.91 Å². The van der Waals surface area contributed by atoms with Crippen molar-refractivity contribution in [2.45, 2.75) is 13.2 Å². The van der Waals surface area contributed by atoms with Crippen LogP contribution in [0.3, 0.4) is 0 Å². The molecule has 1 N–H and O–H groups in total. The Balaban J connectivity index is 1.74. The summed E-state index contributed by atoms with van der Waals surface area (Å²) in [6.07, 6.45) is 1.51. The lowest BCUT2D eigenvalue weighted by molar-refractivity contribution is -0.117. The van der Waals surface area contributed by atoms with E-state index in [0.29, 0.717) is 23.4 Å². The smallest absolute Gasteiger partial charge is 0.262 e. The predicted molar refractivity (Wildman–Crippen MR) is 114 cm³/mol. The first kappa shape index (κ1) is 20.4. The van der Waals surface area contributed by atoms with Crippen LogP contribution < -0.4 is 10.1 Å². The summed E-state index contributed by atoms with van der Waals surface area (Å²) in [5.41, 5.74) is 2.85. The van der Waals surface area contributed by atoms with Crippen LogP contribution in [0.5, 0.6) is 5.75 Å². The lowest BCUT2D eigenvalue weighted by atomic mass is 10.1. The van der Waals surface area contributed by atoms with Gasteiger partial charge in [0.1, 0.15) is 24.0 Å². The van der Waals surface area contributed by atoms with Crippen molar-refractivity contribution in [1.82, 2.24) is 5.32 Å². The number of nitrogens with one attached hydrogen (secondary N) is 1. The molecule has 0 saturated heterocycles. The maximum atomic E-state index is 12.4. The van der Waals surface area contributed by atoms with Crippen LogP contribution in [0, 0.1) is 22.7 Å². The summed E-state index contributed by atoms with van der Waals surface area (Å²) in [5.74, 6) is 0.0693. The molecule has 0 aliphatic rings. The van der Waals surface area contributed by atoms with Gasteiger partial charge in [-0.3, -0.25) is 4.79 Å². The number of carbonyl (C=O) groups excluding carboxylic acids is 1. The molecular weight excluding hydrogens is 374 g/mol. The summed E-state index contributed by atoms with van der Waals surface area (Å²) in [7, 11) is 0. The highest BCUT2D eigenvalue weighted by atomic mass is 16.5. The first-order valence-electron chi connectivity index (χ1n) is 9.35. The number of para-hydroxylation sites is 1. The maximum absolute atomic E-state index is 12.4. The number of hydrogen-bond acceptors (Lipinski definition) is 4. The molecule has 0 aliphatic carbocycles. The molecule has 0 aliphatic heterocycles. The minimum atomic E-state index is -0.453. The summed E-state index contributed by atoms with van der Waals surface area (Å²) in [5, 5.41) is 21.4. The molecule has 3 aromatic rings. The Hall–Kier alpha value is -4.35. The molecule has 30 heavy (non-hydrogen) atoms. The van der Waals surface area contributed by atoms with E-state index in [1.807, 2.05) is 54.6 Å². The van der Waals surface area contributed by atoms with Crippen molar-refractivity contribution in [3.63, 3.8) is 0 Å². The number of rotatable bonds is 7. The Bertz CT molecular complexity index is 1140. The largest absolute Gasteiger partial charge is 0.488 e. The van der Waals surface area contributed by atoms with E-state index in [9.17, 15) is 15.3 Å². The van der Waals surface area contributed by atoms with Crippen LogP contribution in [0.15, 0.2) is 84.4 Å². The minimum Gasteiger partial charge on any atom is -0.488 e. The highest BCUT2D eigenvalue weighted by Gasteiger charge is 2.11. The van der Waals surface area contributed by atoms with Gasteiger partial charge in [-0.1, -0.05) is 66.7 Å². The van der Waals surface area contributed by atoms with E-state index in [-0.39, 0.29) is 12.2 Å². The van der Waals surface area contributed by atoms with Crippen LogP contribution in [0.1, 0.15) is 22.3 Å². The number of nitriles is 2. The van der Waals surface area contributed by atoms with Crippen molar-refractivity contribution >= 4 is 12.0 Å². The Morgan fingerprint density at radius 2 is 1.63 bits per heavy atom. The average Bonchev–Trinajstić information content (AvgIpc) is 2.81. The molecule has 1 amide bonds. The van der Waals surface area contributed by atoms with Crippen molar-refractivity contribution in [3.8, 4) is 17.9 Å². The van der Waals surface area contributed by atoms with Gasteiger partial charge in [0, 0.05) is 17.7 Å².